The number of hydrogen-bond acceptors (Lipinski definition) is 5. The molecule has 0 aliphatic carbocycles. The van der Waals surface area contributed by atoms with Crippen LogP contribution in [0.4, 0.5) is 0 Å². The third-order valence-electron chi connectivity index (χ3n) is 5.27. The van der Waals surface area contributed by atoms with E-state index in [0.717, 1.165) is 64.7 Å². The maximum absolute atomic E-state index is 12.8. The summed E-state index contributed by atoms with van der Waals surface area (Å²) in [6.45, 7) is 11.0. The van der Waals surface area contributed by atoms with Crippen LogP contribution in [0.2, 0.25) is 0 Å². The minimum Gasteiger partial charge on any atom is -0.336 e. The Labute approximate surface area is 168 Å². The molecule has 0 saturated carbocycles. The first kappa shape index (κ1) is 23.2. The SMILES string of the molecule is CCN1CCN(CCC(=O)N2CCNCC2c2nccn2C)CC1.Cl.Cl. The van der Waals surface area contributed by atoms with Gasteiger partial charge in [-0.1, -0.05) is 6.92 Å². The Morgan fingerprint density at radius 2 is 1.88 bits per heavy atom. The van der Waals surface area contributed by atoms with E-state index < -0.39 is 0 Å². The quantitative estimate of drug-likeness (QED) is 0.782. The van der Waals surface area contributed by atoms with E-state index in [-0.39, 0.29) is 36.8 Å². The Balaban J connectivity index is 0.00000169. The lowest BCUT2D eigenvalue weighted by Crippen LogP contribution is -2.51. The molecule has 1 unspecified atom stereocenters. The van der Waals surface area contributed by atoms with Crippen molar-refractivity contribution in [3.63, 3.8) is 0 Å². The van der Waals surface area contributed by atoms with Gasteiger partial charge in [0.2, 0.25) is 5.91 Å². The molecule has 2 saturated heterocycles. The third-order valence-corrected chi connectivity index (χ3v) is 5.27. The molecule has 1 aromatic heterocycles. The summed E-state index contributed by atoms with van der Waals surface area (Å²) in [7, 11) is 1.99. The number of imidazole rings is 1. The van der Waals surface area contributed by atoms with Gasteiger partial charge in [-0.15, -0.1) is 24.8 Å². The Hall–Kier alpha value is -0.860. The lowest BCUT2D eigenvalue weighted by atomic mass is 10.1. The van der Waals surface area contributed by atoms with Crippen molar-refractivity contribution in [3.8, 4) is 0 Å². The second kappa shape index (κ2) is 11.1. The van der Waals surface area contributed by atoms with Gasteiger partial charge in [0.1, 0.15) is 11.9 Å². The summed E-state index contributed by atoms with van der Waals surface area (Å²) < 4.78 is 2.02. The van der Waals surface area contributed by atoms with Crippen LogP contribution in [-0.4, -0.2) is 89.1 Å². The van der Waals surface area contributed by atoms with E-state index in [9.17, 15) is 4.79 Å². The van der Waals surface area contributed by atoms with Gasteiger partial charge in [-0.2, -0.15) is 0 Å². The number of amides is 1. The van der Waals surface area contributed by atoms with Gasteiger partial charge >= 0.3 is 0 Å². The van der Waals surface area contributed by atoms with Crippen LogP contribution in [0.5, 0.6) is 0 Å². The summed E-state index contributed by atoms with van der Waals surface area (Å²) in [5, 5.41) is 3.39. The number of likely N-dealkylation sites (N-methyl/N-ethyl adjacent to an activating group) is 1. The number of aromatic nitrogens is 2. The fourth-order valence-electron chi connectivity index (χ4n) is 3.66. The maximum Gasteiger partial charge on any atom is 0.224 e. The number of halogens is 2. The predicted molar refractivity (Wildman–Crippen MR) is 108 cm³/mol. The Kier molecular flexibility index (Phi) is 9.89. The summed E-state index contributed by atoms with van der Waals surface area (Å²) in [4.78, 5) is 24.2. The van der Waals surface area contributed by atoms with Crippen molar-refractivity contribution >= 4 is 30.7 Å². The van der Waals surface area contributed by atoms with Crippen molar-refractivity contribution in [1.29, 1.82) is 0 Å². The third kappa shape index (κ3) is 5.57. The van der Waals surface area contributed by atoms with Gasteiger partial charge in [-0.3, -0.25) is 4.79 Å². The molecule has 7 nitrogen and oxygen atoms in total. The van der Waals surface area contributed by atoms with E-state index in [1.165, 1.54) is 0 Å². The van der Waals surface area contributed by atoms with E-state index in [1.807, 2.05) is 22.7 Å². The zero-order valence-electron chi connectivity index (χ0n) is 15.8. The zero-order chi connectivity index (χ0) is 16.9. The molecule has 1 N–H and O–H groups in total. The van der Waals surface area contributed by atoms with Crippen LogP contribution in [0.3, 0.4) is 0 Å². The van der Waals surface area contributed by atoms with Gasteiger partial charge in [-0.25, -0.2) is 4.98 Å². The molecule has 9 heteroatoms. The van der Waals surface area contributed by atoms with Crippen LogP contribution >= 0.6 is 24.8 Å². The molecule has 0 spiro atoms. The van der Waals surface area contributed by atoms with Crippen molar-refractivity contribution in [2.75, 3.05) is 58.9 Å². The lowest BCUT2D eigenvalue weighted by Gasteiger charge is -2.37. The van der Waals surface area contributed by atoms with Crippen molar-refractivity contribution in [1.82, 2.24) is 29.6 Å². The molecular weight excluding hydrogens is 375 g/mol. The molecule has 0 radical (unpaired) electrons. The maximum atomic E-state index is 12.8. The number of piperazine rings is 2. The van der Waals surface area contributed by atoms with E-state index in [0.29, 0.717) is 6.42 Å². The average Bonchev–Trinajstić information content (AvgIpc) is 3.06. The van der Waals surface area contributed by atoms with E-state index in [4.69, 9.17) is 0 Å². The van der Waals surface area contributed by atoms with E-state index >= 15 is 0 Å². The van der Waals surface area contributed by atoms with E-state index in [1.54, 1.807) is 6.20 Å². The minimum absolute atomic E-state index is 0. The molecule has 0 bridgehead atoms. The van der Waals surface area contributed by atoms with Crippen LogP contribution in [0.15, 0.2) is 12.4 Å². The van der Waals surface area contributed by atoms with Gasteiger partial charge in [-0.05, 0) is 6.54 Å². The van der Waals surface area contributed by atoms with Gasteiger partial charge in [0.25, 0.3) is 0 Å². The molecular formula is C17H32Cl2N6O. The number of carbonyl (C=O) groups excluding carboxylic acids is 1. The molecule has 3 heterocycles. The molecule has 26 heavy (non-hydrogen) atoms. The lowest BCUT2D eigenvalue weighted by molar-refractivity contribution is -0.135. The molecule has 1 atom stereocenters. The van der Waals surface area contributed by atoms with Crippen LogP contribution < -0.4 is 5.32 Å². The first-order valence-electron chi connectivity index (χ1n) is 9.11. The molecule has 2 fully saturated rings. The highest BCUT2D eigenvalue weighted by atomic mass is 35.5. The number of nitrogens with zero attached hydrogens (tertiary/aromatic N) is 5. The first-order chi connectivity index (χ1) is 11.7. The Bertz CT molecular complexity index is 547. The predicted octanol–water partition coefficient (Wildman–Crippen LogP) is 0.764. The number of nitrogens with one attached hydrogen (secondary N) is 1. The standard InChI is InChI=1S/C17H30N6O.2ClH/c1-3-21-10-12-22(13-11-21)7-4-16(24)23-9-5-18-14-15(23)17-19-6-8-20(17)2;;/h6,8,15,18H,3-5,7,9-14H2,1-2H3;2*1H. The number of hydrogen-bond donors (Lipinski definition) is 1. The largest absolute Gasteiger partial charge is 0.336 e. The van der Waals surface area contributed by atoms with Crippen molar-refractivity contribution in [3.05, 3.63) is 18.2 Å². The summed E-state index contributed by atoms with van der Waals surface area (Å²) in [5.74, 6) is 1.22. The molecule has 2 aliphatic rings. The second-order valence-electron chi connectivity index (χ2n) is 6.73. The van der Waals surface area contributed by atoms with Crippen molar-refractivity contribution in [2.45, 2.75) is 19.4 Å². The highest BCUT2D eigenvalue weighted by Crippen LogP contribution is 2.21. The Morgan fingerprint density at radius 3 is 2.50 bits per heavy atom. The summed E-state index contributed by atoms with van der Waals surface area (Å²) in [6.07, 6.45) is 4.35. The fourth-order valence-corrected chi connectivity index (χ4v) is 3.66. The number of carbonyl (C=O) groups is 1. The monoisotopic (exact) mass is 406 g/mol. The summed E-state index contributed by atoms with van der Waals surface area (Å²) in [6, 6.07) is 0.0446. The van der Waals surface area contributed by atoms with Crippen LogP contribution in [0.25, 0.3) is 0 Å². The molecule has 150 valence electrons. The minimum atomic E-state index is 0. The Morgan fingerprint density at radius 1 is 1.19 bits per heavy atom. The number of rotatable bonds is 5. The fraction of sp³-hybridized carbons (Fsp3) is 0.765. The molecule has 0 aromatic carbocycles. The highest BCUT2D eigenvalue weighted by molar-refractivity contribution is 5.85. The van der Waals surface area contributed by atoms with Gasteiger partial charge < -0.3 is 24.6 Å². The van der Waals surface area contributed by atoms with Crippen LogP contribution in [0.1, 0.15) is 25.2 Å². The zero-order valence-corrected chi connectivity index (χ0v) is 17.4. The number of aryl methyl sites for hydroxylation is 1. The van der Waals surface area contributed by atoms with E-state index in [2.05, 4.69) is 27.0 Å². The molecule has 2 aliphatic heterocycles. The first-order valence-corrected chi connectivity index (χ1v) is 9.11. The normalized spacial score (nSPS) is 21.8. The van der Waals surface area contributed by atoms with Gasteiger partial charge in [0, 0.05) is 78.2 Å². The summed E-state index contributed by atoms with van der Waals surface area (Å²) >= 11 is 0. The average molecular weight is 407 g/mol. The van der Waals surface area contributed by atoms with Crippen LogP contribution in [-0.2, 0) is 11.8 Å². The van der Waals surface area contributed by atoms with Gasteiger partial charge in [0.05, 0.1) is 0 Å². The van der Waals surface area contributed by atoms with Gasteiger partial charge in [0.15, 0.2) is 0 Å². The van der Waals surface area contributed by atoms with Crippen LogP contribution in [0, 0.1) is 0 Å². The smallest absolute Gasteiger partial charge is 0.224 e. The van der Waals surface area contributed by atoms with Crippen molar-refractivity contribution < 1.29 is 4.79 Å². The highest BCUT2D eigenvalue weighted by Gasteiger charge is 2.30. The second-order valence-corrected chi connectivity index (χ2v) is 6.73. The molecule has 1 aromatic rings. The topological polar surface area (TPSA) is 56.6 Å². The molecule has 1 amide bonds. The molecule has 3 rings (SSSR count). The summed E-state index contributed by atoms with van der Waals surface area (Å²) in [5.41, 5.74) is 0. The van der Waals surface area contributed by atoms with Crippen molar-refractivity contribution in [2.24, 2.45) is 7.05 Å².